The van der Waals surface area contributed by atoms with Crippen LogP contribution in [0.3, 0.4) is 0 Å². The number of carbonyl (C=O) groups excluding carboxylic acids is 4. The van der Waals surface area contributed by atoms with E-state index in [4.69, 9.17) is 11.5 Å². The maximum absolute atomic E-state index is 12.2. The highest BCUT2D eigenvalue weighted by Crippen LogP contribution is 2.11. The van der Waals surface area contributed by atoms with Crippen molar-refractivity contribution in [1.29, 1.82) is 0 Å². The number of anilines is 1. The number of hydrogen-bond donors (Lipinski definition) is 5. The quantitative estimate of drug-likeness (QED) is 0.222. The maximum Gasteiger partial charge on any atom is 0.236 e. The van der Waals surface area contributed by atoms with Gasteiger partial charge in [0.25, 0.3) is 0 Å². The lowest BCUT2D eigenvalue weighted by Gasteiger charge is -2.17. The SMILES string of the molecule is CC(C)CC(N)C(=O)NCCC(C)CC(=O)NCC(C)CC(=O)NCC(=O)Cc1ccccc1N. The van der Waals surface area contributed by atoms with Crippen LogP contribution in [-0.2, 0) is 25.6 Å². The Hall–Kier alpha value is -2.94. The number of rotatable bonds is 16. The Bertz CT molecular complexity index is 843. The zero-order chi connectivity index (χ0) is 26.4. The highest BCUT2D eigenvalue weighted by Gasteiger charge is 2.16. The van der Waals surface area contributed by atoms with Crippen molar-refractivity contribution in [2.45, 2.75) is 65.8 Å². The van der Waals surface area contributed by atoms with E-state index in [0.29, 0.717) is 44.0 Å². The molecule has 0 spiro atoms. The molecule has 35 heavy (non-hydrogen) atoms. The van der Waals surface area contributed by atoms with E-state index in [9.17, 15) is 19.2 Å². The van der Waals surface area contributed by atoms with E-state index in [2.05, 4.69) is 16.0 Å². The zero-order valence-electron chi connectivity index (χ0n) is 21.6. The van der Waals surface area contributed by atoms with Gasteiger partial charge in [0.15, 0.2) is 5.78 Å². The van der Waals surface area contributed by atoms with Gasteiger partial charge in [-0.15, -0.1) is 0 Å². The van der Waals surface area contributed by atoms with E-state index >= 15 is 0 Å². The fourth-order valence-electron chi connectivity index (χ4n) is 3.59. The van der Waals surface area contributed by atoms with Crippen LogP contribution in [0.25, 0.3) is 0 Å². The molecule has 0 aliphatic rings. The van der Waals surface area contributed by atoms with E-state index in [1.807, 2.05) is 33.8 Å². The number of nitrogens with one attached hydrogen (secondary N) is 3. The lowest BCUT2D eigenvalue weighted by molar-refractivity contribution is -0.126. The summed E-state index contributed by atoms with van der Waals surface area (Å²) in [5.74, 6) is -0.230. The third-order valence-corrected chi connectivity index (χ3v) is 5.64. The molecule has 0 radical (unpaired) electrons. The lowest BCUT2D eigenvalue weighted by atomic mass is 10.0. The smallest absolute Gasteiger partial charge is 0.236 e. The molecule has 3 atom stereocenters. The van der Waals surface area contributed by atoms with Crippen molar-refractivity contribution in [3.63, 3.8) is 0 Å². The van der Waals surface area contributed by atoms with Gasteiger partial charge in [-0.3, -0.25) is 19.2 Å². The maximum atomic E-state index is 12.2. The number of hydrogen-bond acceptors (Lipinski definition) is 6. The summed E-state index contributed by atoms with van der Waals surface area (Å²) >= 11 is 0. The van der Waals surface area contributed by atoms with Gasteiger partial charge in [-0.2, -0.15) is 0 Å². The van der Waals surface area contributed by atoms with Gasteiger partial charge in [0.2, 0.25) is 17.7 Å². The Morgan fingerprint density at radius 1 is 0.886 bits per heavy atom. The van der Waals surface area contributed by atoms with Crippen LogP contribution in [0.5, 0.6) is 0 Å². The van der Waals surface area contributed by atoms with Crippen LogP contribution in [-0.4, -0.2) is 49.2 Å². The van der Waals surface area contributed by atoms with Crippen LogP contribution in [0, 0.1) is 17.8 Å². The van der Waals surface area contributed by atoms with Crippen molar-refractivity contribution in [3.05, 3.63) is 29.8 Å². The molecule has 196 valence electrons. The van der Waals surface area contributed by atoms with E-state index < -0.39 is 6.04 Å². The summed E-state index contributed by atoms with van der Waals surface area (Å²) in [6.07, 6.45) is 2.03. The molecule has 0 aliphatic heterocycles. The summed E-state index contributed by atoms with van der Waals surface area (Å²) < 4.78 is 0. The predicted octanol–water partition coefficient (Wildman–Crippen LogP) is 1.54. The van der Waals surface area contributed by atoms with Crippen molar-refractivity contribution < 1.29 is 19.2 Å². The van der Waals surface area contributed by atoms with Crippen molar-refractivity contribution in [2.24, 2.45) is 23.5 Å². The summed E-state index contributed by atoms with van der Waals surface area (Å²) in [4.78, 5) is 48.4. The van der Waals surface area contributed by atoms with Gasteiger partial charge in [0, 0.05) is 38.0 Å². The zero-order valence-corrected chi connectivity index (χ0v) is 21.6. The molecular formula is C26H43N5O4. The van der Waals surface area contributed by atoms with Crippen LogP contribution in [0.4, 0.5) is 5.69 Å². The van der Waals surface area contributed by atoms with Gasteiger partial charge in [0.05, 0.1) is 12.6 Å². The minimum Gasteiger partial charge on any atom is -0.398 e. The number of para-hydroxylation sites is 1. The monoisotopic (exact) mass is 489 g/mol. The van der Waals surface area contributed by atoms with Gasteiger partial charge >= 0.3 is 0 Å². The fraction of sp³-hybridized carbons (Fsp3) is 0.615. The molecule has 3 unspecified atom stereocenters. The molecule has 1 aromatic rings. The molecule has 0 saturated heterocycles. The first-order valence-corrected chi connectivity index (χ1v) is 12.4. The minimum atomic E-state index is -0.506. The number of Topliss-reactive ketones (excluding diaryl/α,β-unsaturated/α-hetero) is 1. The number of amides is 3. The molecule has 9 heteroatoms. The number of nitrogen functional groups attached to an aromatic ring is 1. The average molecular weight is 490 g/mol. The normalized spacial score (nSPS) is 13.5. The minimum absolute atomic E-state index is 0.0529. The van der Waals surface area contributed by atoms with E-state index in [-0.39, 0.29) is 54.7 Å². The van der Waals surface area contributed by atoms with Gasteiger partial charge in [-0.1, -0.05) is 45.9 Å². The first-order chi connectivity index (χ1) is 16.5. The third kappa shape index (κ3) is 13.5. The molecule has 0 bridgehead atoms. The lowest BCUT2D eigenvalue weighted by Crippen LogP contribution is -2.42. The largest absolute Gasteiger partial charge is 0.398 e. The second kappa shape index (κ2) is 15.9. The van der Waals surface area contributed by atoms with E-state index in [1.165, 1.54) is 0 Å². The summed E-state index contributed by atoms with van der Waals surface area (Å²) in [6.45, 7) is 8.66. The average Bonchev–Trinajstić information content (AvgIpc) is 2.77. The molecule has 9 nitrogen and oxygen atoms in total. The van der Waals surface area contributed by atoms with E-state index in [0.717, 1.165) is 5.56 Å². The van der Waals surface area contributed by atoms with Crippen molar-refractivity contribution >= 4 is 29.2 Å². The van der Waals surface area contributed by atoms with Gasteiger partial charge in [-0.05, 0) is 42.2 Å². The molecule has 7 N–H and O–H groups in total. The van der Waals surface area contributed by atoms with Gasteiger partial charge < -0.3 is 27.4 Å². The Labute approximate surface area is 209 Å². The molecule has 0 fully saturated rings. The molecule has 1 aromatic carbocycles. The van der Waals surface area contributed by atoms with Gasteiger partial charge in [0.1, 0.15) is 0 Å². The van der Waals surface area contributed by atoms with Crippen LogP contribution >= 0.6 is 0 Å². The number of ketones is 1. The Morgan fingerprint density at radius 2 is 1.51 bits per heavy atom. The van der Waals surface area contributed by atoms with Gasteiger partial charge in [-0.25, -0.2) is 0 Å². The molecule has 0 saturated carbocycles. The summed E-state index contributed by atoms with van der Waals surface area (Å²) in [5.41, 5.74) is 13.0. The third-order valence-electron chi connectivity index (χ3n) is 5.64. The van der Waals surface area contributed by atoms with Crippen LogP contribution in [0.15, 0.2) is 24.3 Å². The topological polar surface area (TPSA) is 156 Å². The highest BCUT2D eigenvalue weighted by atomic mass is 16.2. The summed E-state index contributed by atoms with van der Waals surface area (Å²) in [7, 11) is 0. The molecule has 0 heterocycles. The predicted molar refractivity (Wildman–Crippen MR) is 138 cm³/mol. The molecule has 1 rings (SSSR count). The fourth-order valence-corrected chi connectivity index (χ4v) is 3.59. The second-order valence-corrected chi connectivity index (χ2v) is 9.93. The standard InChI is InChI=1S/C26H43N5O4/c1-17(2)11-23(28)26(35)29-10-9-18(3)12-24(33)30-15-19(4)13-25(34)31-16-21(32)14-20-7-5-6-8-22(20)27/h5-8,17-19,23H,9-16,27-28H2,1-4H3,(H,29,35)(H,30,33)(H,31,34). The first kappa shape index (κ1) is 30.1. The van der Waals surface area contributed by atoms with Crippen molar-refractivity contribution in [2.75, 3.05) is 25.4 Å². The van der Waals surface area contributed by atoms with Crippen LogP contribution in [0.1, 0.15) is 58.9 Å². The van der Waals surface area contributed by atoms with Crippen LogP contribution < -0.4 is 27.4 Å². The molecule has 3 amide bonds. The van der Waals surface area contributed by atoms with Crippen LogP contribution in [0.2, 0.25) is 0 Å². The Kier molecular flexibility index (Phi) is 13.6. The number of carbonyl (C=O) groups is 4. The molecular weight excluding hydrogens is 446 g/mol. The summed E-state index contributed by atoms with van der Waals surface area (Å²) in [5, 5.41) is 8.32. The molecule has 0 aliphatic carbocycles. The van der Waals surface area contributed by atoms with E-state index in [1.54, 1.807) is 18.2 Å². The number of nitrogens with two attached hydrogens (primary N) is 2. The highest BCUT2D eigenvalue weighted by molar-refractivity contribution is 5.88. The first-order valence-electron chi connectivity index (χ1n) is 12.4. The Balaban J connectivity index is 2.20. The molecule has 0 aromatic heterocycles. The Morgan fingerprint density at radius 3 is 2.17 bits per heavy atom. The second-order valence-electron chi connectivity index (χ2n) is 9.93. The summed E-state index contributed by atoms with van der Waals surface area (Å²) in [6, 6.07) is 6.64. The number of benzene rings is 1. The van der Waals surface area contributed by atoms with Crippen molar-refractivity contribution in [3.8, 4) is 0 Å². The van der Waals surface area contributed by atoms with Crippen molar-refractivity contribution in [1.82, 2.24) is 16.0 Å².